The van der Waals surface area contributed by atoms with Gasteiger partial charge in [0.2, 0.25) is 5.91 Å². The average Bonchev–Trinajstić information content (AvgIpc) is 3.08. The largest absolute Gasteiger partial charge is 0.370 e. The van der Waals surface area contributed by atoms with Gasteiger partial charge >= 0.3 is 0 Å². The van der Waals surface area contributed by atoms with Crippen LogP contribution in [0.1, 0.15) is 104 Å². The summed E-state index contributed by atoms with van der Waals surface area (Å²) in [5.41, 5.74) is 0. The highest BCUT2D eigenvalue weighted by Gasteiger charge is 2.17. The molecule has 152 valence electrons. The van der Waals surface area contributed by atoms with E-state index in [0.717, 1.165) is 19.5 Å². The molecule has 0 fully saturated rings. The minimum Gasteiger partial charge on any atom is -0.370 e. The highest BCUT2D eigenvalue weighted by Crippen LogP contribution is 2.12. The highest BCUT2D eigenvalue weighted by molar-refractivity contribution is 5.75. The number of hydrogen-bond donors (Lipinski definition) is 2. The first-order chi connectivity index (χ1) is 12.8. The van der Waals surface area contributed by atoms with Gasteiger partial charge in [0.1, 0.15) is 0 Å². The lowest BCUT2D eigenvalue weighted by atomic mass is 10.1. The van der Waals surface area contributed by atoms with Crippen LogP contribution >= 0.6 is 0 Å². The number of carbonyl (C=O) groups excluding carboxylic acids is 1. The summed E-state index contributed by atoms with van der Waals surface area (Å²) in [6.07, 6.45) is 21.9. The Kier molecular flexibility index (Phi) is 14.1. The molecular weight excluding hydrogens is 322 g/mol. The van der Waals surface area contributed by atoms with E-state index < -0.39 is 0 Å². The first kappa shape index (κ1) is 22.9. The first-order valence-corrected chi connectivity index (χ1v) is 11.2. The Morgan fingerprint density at radius 1 is 0.923 bits per heavy atom. The van der Waals surface area contributed by atoms with Crippen LogP contribution in [0.4, 0.5) is 0 Å². The zero-order chi connectivity index (χ0) is 18.9. The van der Waals surface area contributed by atoms with Crippen LogP contribution in [-0.2, 0) is 4.79 Å². The summed E-state index contributed by atoms with van der Waals surface area (Å²) in [7, 11) is 0. The second kappa shape index (κ2) is 16.0. The van der Waals surface area contributed by atoms with Gasteiger partial charge in [-0.2, -0.15) is 0 Å². The summed E-state index contributed by atoms with van der Waals surface area (Å²) in [5, 5.41) is 6.49. The van der Waals surface area contributed by atoms with Crippen molar-refractivity contribution in [1.29, 1.82) is 0 Å². The van der Waals surface area contributed by atoms with E-state index in [1.807, 2.05) is 6.20 Å². The maximum Gasteiger partial charge on any atom is 0.220 e. The number of carbonyl (C=O) groups is 1. The van der Waals surface area contributed by atoms with Crippen molar-refractivity contribution in [2.24, 2.45) is 0 Å². The topological polar surface area (TPSA) is 44.4 Å². The predicted octanol–water partition coefficient (Wildman–Crippen LogP) is 5.31. The van der Waals surface area contributed by atoms with Crippen molar-refractivity contribution >= 4 is 5.91 Å². The summed E-state index contributed by atoms with van der Waals surface area (Å²) in [4.78, 5) is 14.3. The van der Waals surface area contributed by atoms with E-state index in [1.54, 1.807) is 0 Å². The zero-order valence-electron chi connectivity index (χ0n) is 17.4. The molecular formula is C22H43N3O. The van der Waals surface area contributed by atoms with Gasteiger partial charge in [-0.25, -0.2) is 0 Å². The van der Waals surface area contributed by atoms with Gasteiger partial charge in [-0.3, -0.25) is 4.79 Å². The van der Waals surface area contributed by atoms with Gasteiger partial charge in [-0.1, -0.05) is 78.1 Å². The third-order valence-corrected chi connectivity index (χ3v) is 5.24. The molecule has 1 atom stereocenters. The Morgan fingerprint density at radius 3 is 2.23 bits per heavy atom. The van der Waals surface area contributed by atoms with Gasteiger partial charge in [0.05, 0.1) is 6.17 Å². The Bertz CT molecular complexity index is 370. The third-order valence-electron chi connectivity index (χ3n) is 5.24. The van der Waals surface area contributed by atoms with Crippen LogP contribution in [0.2, 0.25) is 0 Å². The summed E-state index contributed by atoms with van der Waals surface area (Å²) in [6.45, 7) is 6.13. The van der Waals surface area contributed by atoms with Gasteiger partial charge in [-0.05, 0) is 19.3 Å². The van der Waals surface area contributed by atoms with Crippen molar-refractivity contribution in [3.63, 3.8) is 0 Å². The summed E-state index contributed by atoms with van der Waals surface area (Å²) >= 11 is 0. The standard InChI is InChI=1S/C22H43N3O/c1-3-5-7-8-9-10-11-12-14-16-22(26)24-18-20-25-19-17-23-21(25)15-13-6-4-2/h17,19,21,23H,3-16,18,20H2,1-2H3,(H,24,26). The molecule has 0 radical (unpaired) electrons. The normalized spacial score (nSPS) is 16.1. The molecule has 1 unspecified atom stereocenters. The SMILES string of the molecule is CCCCCCCCCCCC(=O)NCCN1C=CNC1CCCCC. The van der Waals surface area contributed by atoms with Crippen molar-refractivity contribution in [2.75, 3.05) is 13.1 Å². The second-order valence-corrected chi connectivity index (χ2v) is 7.66. The van der Waals surface area contributed by atoms with Gasteiger partial charge < -0.3 is 15.5 Å². The van der Waals surface area contributed by atoms with E-state index in [4.69, 9.17) is 0 Å². The van der Waals surface area contributed by atoms with Gasteiger partial charge in [0.15, 0.2) is 0 Å². The molecule has 1 aliphatic rings. The van der Waals surface area contributed by atoms with E-state index in [2.05, 4.69) is 35.6 Å². The van der Waals surface area contributed by atoms with E-state index in [-0.39, 0.29) is 5.91 Å². The predicted molar refractivity (Wildman–Crippen MR) is 112 cm³/mol. The number of nitrogens with one attached hydrogen (secondary N) is 2. The highest BCUT2D eigenvalue weighted by atomic mass is 16.1. The molecule has 4 nitrogen and oxygen atoms in total. The van der Waals surface area contributed by atoms with Crippen LogP contribution in [0.15, 0.2) is 12.4 Å². The second-order valence-electron chi connectivity index (χ2n) is 7.66. The maximum atomic E-state index is 12.0. The zero-order valence-corrected chi connectivity index (χ0v) is 17.4. The Hall–Kier alpha value is -1.19. The molecule has 0 aliphatic carbocycles. The minimum atomic E-state index is 0.214. The quantitative estimate of drug-likeness (QED) is 0.343. The monoisotopic (exact) mass is 365 g/mol. The van der Waals surface area contributed by atoms with Crippen molar-refractivity contribution in [3.05, 3.63) is 12.4 Å². The Labute approximate surface area is 162 Å². The third kappa shape index (κ3) is 11.4. The summed E-state index contributed by atoms with van der Waals surface area (Å²) in [5.74, 6) is 0.214. The molecule has 26 heavy (non-hydrogen) atoms. The van der Waals surface area contributed by atoms with Crippen molar-refractivity contribution in [3.8, 4) is 0 Å². The van der Waals surface area contributed by atoms with Crippen LogP contribution in [0.3, 0.4) is 0 Å². The summed E-state index contributed by atoms with van der Waals surface area (Å²) in [6, 6.07) is 0. The van der Waals surface area contributed by atoms with E-state index in [9.17, 15) is 4.79 Å². The fraction of sp³-hybridized carbons (Fsp3) is 0.864. The van der Waals surface area contributed by atoms with Gasteiger partial charge in [-0.15, -0.1) is 0 Å². The molecule has 0 aromatic carbocycles. The van der Waals surface area contributed by atoms with E-state index >= 15 is 0 Å². The van der Waals surface area contributed by atoms with Gasteiger partial charge in [0.25, 0.3) is 0 Å². The van der Waals surface area contributed by atoms with Gasteiger partial charge in [0, 0.05) is 31.9 Å². The molecule has 1 aliphatic heterocycles. The first-order valence-electron chi connectivity index (χ1n) is 11.2. The fourth-order valence-electron chi connectivity index (χ4n) is 3.53. The molecule has 1 amide bonds. The average molecular weight is 366 g/mol. The number of hydrogen-bond acceptors (Lipinski definition) is 3. The number of nitrogens with zero attached hydrogens (tertiary/aromatic N) is 1. The minimum absolute atomic E-state index is 0.214. The van der Waals surface area contributed by atoms with Crippen molar-refractivity contribution in [2.45, 2.75) is 110 Å². The molecule has 0 bridgehead atoms. The molecule has 4 heteroatoms. The lowest BCUT2D eigenvalue weighted by Gasteiger charge is -2.25. The van der Waals surface area contributed by atoms with Crippen LogP contribution in [-0.4, -0.2) is 30.1 Å². The summed E-state index contributed by atoms with van der Waals surface area (Å²) < 4.78 is 0. The lowest BCUT2D eigenvalue weighted by Crippen LogP contribution is -2.40. The Balaban J connectivity index is 1.94. The fourth-order valence-corrected chi connectivity index (χ4v) is 3.53. The van der Waals surface area contributed by atoms with E-state index in [1.165, 1.54) is 77.0 Å². The molecule has 1 rings (SSSR count). The number of rotatable bonds is 17. The molecule has 0 saturated heterocycles. The van der Waals surface area contributed by atoms with Crippen LogP contribution in [0.5, 0.6) is 0 Å². The molecule has 0 aromatic rings. The lowest BCUT2D eigenvalue weighted by molar-refractivity contribution is -0.121. The van der Waals surface area contributed by atoms with Crippen molar-refractivity contribution in [1.82, 2.24) is 15.5 Å². The Morgan fingerprint density at radius 2 is 1.54 bits per heavy atom. The molecule has 1 heterocycles. The van der Waals surface area contributed by atoms with Crippen LogP contribution in [0.25, 0.3) is 0 Å². The molecule has 0 spiro atoms. The number of unbranched alkanes of at least 4 members (excludes halogenated alkanes) is 10. The molecule has 0 aromatic heterocycles. The molecule has 2 N–H and O–H groups in total. The smallest absolute Gasteiger partial charge is 0.220 e. The number of amides is 1. The molecule has 0 saturated carbocycles. The van der Waals surface area contributed by atoms with Crippen LogP contribution in [0, 0.1) is 0 Å². The maximum absolute atomic E-state index is 12.0. The van der Waals surface area contributed by atoms with Crippen LogP contribution < -0.4 is 10.6 Å². The van der Waals surface area contributed by atoms with Crippen molar-refractivity contribution < 1.29 is 4.79 Å². The van der Waals surface area contributed by atoms with E-state index in [0.29, 0.717) is 12.6 Å².